The van der Waals surface area contributed by atoms with Crippen LogP contribution >= 0.6 is 0 Å². The van der Waals surface area contributed by atoms with Crippen LogP contribution in [0.3, 0.4) is 0 Å². The van der Waals surface area contributed by atoms with Crippen LogP contribution in [-0.2, 0) is 14.6 Å². The summed E-state index contributed by atoms with van der Waals surface area (Å²) in [6.45, 7) is 7.12. The van der Waals surface area contributed by atoms with Crippen LogP contribution in [0.25, 0.3) is 0 Å². The van der Waals surface area contributed by atoms with E-state index in [-0.39, 0.29) is 17.5 Å². The van der Waals surface area contributed by atoms with Crippen LogP contribution in [0.5, 0.6) is 0 Å². The second kappa shape index (κ2) is 7.84. The number of rotatable bonds is 6. The van der Waals surface area contributed by atoms with Crippen LogP contribution in [-0.4, -0.2) is 87.3 Å². The number of aryl methyl sites for hydroxylation is 1. The van der Waals surface area contributed by atoms with E-state index in [4.69, 9.17) is 4.74 Å². The molecule has 1 unspecified atom stereocenters. The van der Waals surface area contributed by atoms with Crippen molar-refractivity contribution < 1.29 is 13.2 Å². The predicted molar refractivity (Wildman–Crippen MR) is 98.0 cm³/mol. The van der Waals surface area contributed by atoms with Crippen LogP contribution < -0.4 is 10.2 Å². The number of ether oxygens (including phenoxy) is 1. The molecule has 2 saturated heterocycles. The largest absolute Gasteiger partial charge is 0.379 e. The molecule has 0 saturated carbocycles. The van der Waals surface area contributed by atoms with Crippen molar-refractivity contribution in [2.24, 2.45) is 0 Å². The zero-order chi connectivity index (χ0) is 17.9. The number of aromatic nitrogens is 2. The molecule has 140 valence electrons. The van der Waals surface area contributed by atoms with Crippen LogP contribution in [0.2, 0.25) is 0 Å². The van der Waals surface area contributed by atoms with E-state index < -0.39 is 9.84 Å². The lowest BCUT2D eigenvalue weighted by atomic mass is 10.2. The minimum absolute atomic E-state index is 0.0134. The fraction of sp³-hybridized carbons (Fsp3) is 0.750. The second-order valence-electron chi connectivity index (χ2n) is 6.74. The first kappa shape index (κ1) is 18.3. The molecule has 0 aliphatic carbocycles. The van der Waals surface area contributed by atoms with Crippen molar-refractivity contribution in [3.8, 4) is 0 Å². The summed E-state index contributed by atoms with van der Waals surface area (Å²) < 4.78 is 28.8. The van der Waals surface area contributed by atoms with Gasteiger partial charge in [0.2, 0.25) is 5.95 Å². The number of hydrogen-bond donors (Lipinski definition) is 1. The number of morpholine rings is 1. The molecule has 1 aromatic heterocycles. The molecule has 0 radical (unpaired) electrons. The van der Waals surface area contributed by atoms with Gasteiger partial charge in [0.05, 0.1) is 24.7 Å². The van der Waals surface area contributed by atoms with Crippen LogP contribution in [0, 0.1) is 6.92 Å². The van der Waals surface area contributed by atoms with Crippen LogP contribution in [0.15, 0.2) is 6.07 Å². The fourth-order valence-corrected chi connectivity index (χ4v) is 5.00. The van der Waals surface area contributed by atoms with Crippen molar-refractivity contribution >= 4 is 21.6 Å². The molecule has 2 fully saturated rings. The zero-order valence-corrected chi connectivity index (χ0v) is 15.8. The van der Waals surface area contributed by atoms with Gasteiger partial charge in [-0.15, -0.1) is 0 Å². The summed E-state index contributed by atoms with van der Waals surface area (Å²) in [6.07, 6.45) is 0.654. The highest BCUT2D eigenvalue weighted by molar-refractivity contribution is 7.91. The number of anilines is 2. The summed E-state index contributed by atoms with van der Waals surface area (Å²) in [5.41, 5.74) is 0.867. The summed E-state index contributed by atoms with van der Waals surface area (Å²) in [5, 5.41) is 3.29. The summed E-state index contributed by atoms with van der Waals surface area (Å²) in [7, 11) is -1.00. The molecule has 1 aromatic rings. The Bertz CT molecular complexity index is 691. The van der Waals surface area contributed by atoms with Gasteiger partial charge in [0.25, 0.3) is 0 Å². The van der Waals surface area contributed by atoms with Gasteiger partial charge in [-0.3, -0.25) is 4.90 Å². The lowest BCUT2D eigenvalue weighted by molar-refractivity contribution is 0.0398. The molecule has 8 nitrogen and oxygen atoms in total. The zero-order valence-electron chi connectivity index (χ0n) is 14.9. The molecule has 1 atom stereocenters. The topological polar surface area (TPSA) is 87.7 Å². The maximum Gasteiger partial charge on any atom is 0.224 e. The monoisotopic (exact) mass is 369 g/mol. The smallest absolute Gasteiger partial charge is 0.224 e. The Morgan fingerprint density at radius 2 is 2.12 bits per heavy atom. The van der Waals surface area contributed by atoms with E-state index in [9.17, 15) is 8.42 Å². The first-order chi connectivity index (χ1) is 11.9. The van der Waals surface area contributed by atoms with Crippen molar-refractivity contribution in [3.63, 3.8) is 0 Å². The Morgan fingerprint density at radius 3 is 2.80 bits per heavy atom. The standard InChI is InChI=1S/C16H27N5O3S/c1-13-11-15(20(2)14-3-10-25(22,23)12-14)19-16(18-13)17-4-5-21-6-8-24-9-7-21/h11,14H,3-10,12H2,1-2H3,(H,17,18,19). The van der Waals surface area contributed by atoms with E-state index >= 15 is 0 Å². The normalized spacial score (nSPS) is 23.5. The molecule has 2 aliphatic heterocycles. The van der Waals surface area contributed by atoms with Gasteiger partial charge < -0.3 is 15.0 Å². The molecule has 3 rings (SSSR count). The summed E-state index contributed by atoms with van der Waals surface area (Å²) in [5.74, 6) is 1.82. The van der Waals surface area contributed by atoms with Crippen molar-refractivity contribution in [2.75, 3.05) is 68.2 Å². The lowest BCUT2D eigenvalue weighted by Crippen LogP contribution is -2.39. The molecule has 0 bridgehead atoms. The average molecular weight is 369 g/mol. The van der Waals surface area contributed by atoms with Gasteiger partial charge >= 0.3 is 0 Å². The predicted octanol–water partition coefficient (Wildman–Crippen LogP) is 0.152. The van der Waals surface area contributed by atoms with Crippen molar-refractivity contribution in [1.82, 2.24) is 14.9 Å². The van der Waals surface area contributed by atoms with Crippen molar-refractivity contribution in [2.45, 2.75) is 19.4 Å². The summed E-state index contributed by atoms with van der Waals surface area (Å²) in [6, 6.07) is 1.89. The molecule has 3 heterocycles. The highest BCUT2D eigenvalue weighted by Gasteiger charge is 2.31. The van der Waals surface area contributed by atoms with Crippen LogP contribution in [0.4, 0.5) is 11.8 Å². The third kappa shape index (κ3) is 5.02. The quantitative estimate of drug-likeness (QED) is 0.758. The average Bonchev–Trinajstić information content (AvgIpc) is 2.94. The molecule has 9 heteroatoms. The Labute approximate surface area is 149 Å². The van der Waals surface area contributed by atoms with E-state index in [0.717, 1.165) is 50.9 Å². The molecule has 25 heavy (non-hydrogen) atoms. The third-order valence-electron chi connectivity index (χ3n) is 4.77. The molecule has 0 amide bonds. The number of sulfone groups is 1. The highest BCUT2D eigenvalue weighted by atomic mass is 32.2. The Kier molecular flexibility index (Phi) is 5.75. The van der Waals surface area contributed by atoms with E-state index in [2.05, 4.69) is 20.2 Å². The SMILES string of the molecule is Cc1cc(N(C)C2CCS(=O)(=O)C2)nc(NCCN2CCOCC2)n1. The van der Waals surface area contributed by atoms with Crippen LogP contribution in [0.1, 0.15) is 12.1 Å². The number of nitrogens with zero attached hydrogens (tertiary/aromatic N) is 4. The van der Waals surface area contributed by atoms with E-state index in [1.807, 2.05) is 24.9 Å². The lowest BCUT2D eigenvalue weighted by Gasteiger charge is -2.27. The first-order valence-electron chi connectivity index (χ1n) is 8.76. The summed E-state index contributed by atoms with van der Waals surface area (Å²) in [4.78, 5) is 13.3. The van der Waals surface area contributed by atoms with Gasteiger partial charge in [-0.1, -0.05) is 0 Å². The first-order valence-corrected chi connectivity index (χ1v) is 10.6. The molecule has 0 spiro atoms. The third-order valence-corrected chi connectivity index (χ3v) is 6.52. The Hall–Kier alpha value is -1.45. The van der Waals surface area contributed by atoms with E-state index in [0.29, 0.717) is 12.4 Å². The maximum atomic E-state index is 11.7. The van der Waals surface area contributed by atoms with Gasteiger partial charge in [-0.2, -0.15) is 4.98 Å². The van der Waals surface area contributed by atoms with Gasteiger partial charge in [-0.05, 0) is 13.3 Å². The van der Waals surface area contributed by atoms with Gasteiger partial charge in [0.1, 0.15) is 5.82 Å². The highest BCUT2D eigenvalue weighted by Crippen LogP contribution is 2.22. The van der Waals surface area contributed by atoms with Gasteiger partial charge in [0, 0.05) is 51.0 Å². The Balaban J connectivity index is 1.59. The van der Waals surface area contributed by atoms with Gasteiger partial charge in [0.15, 0.2) is 9.84 Å². The molecular formula is C16H27N5O3S. The molecule has 2 aliphatic rings. The minimum Gasteiger partial charge on any atom is -0.379 e. The second-order valence-corrected chi connectivity index (χ2v) is 8.97. The molecular weight excluding hydrogens is 342 g/mol. The van der Waals surface area contributed by atoms with Crippen molar-refractivity contribution in [3.05, 3.63) is 11.8 Å². The number of nitrogens with one attached hydrogen (secondary N) is 1. The minimum atomic E-state index is -2.91. The van der Waals surface area contributed by atoms with Gasteiger partial charge in [-0.25, -0.2) is 13.4 Å². The van der Waals surface area contributed by atoms with E-state index in [1.54, 1.807) is 0 Å². The molecule has 1 N–H and O–H groups in total. The van der Waals surface area contributed by atoms with E-state index in [1.165, 1.54) is 0 Å². The number of hydrogen-bond acceptors (Lipinski definition) is 8. The Morgan fingerprint density at radius 1 is 1.36 bits per heavy atom. The molecule has 0 aromatic carbocycles. The fourth-order valence-electron chi connectivity index (χ4n) is 3.23. The van der Waals surface area contributed by atoms with Crippen molar-refractivity contribution in [1.29, 1.82) is 0 Å². The maximum absolute atomic E-state index is 11.7. The summed E-state index contributed by atoms with van der Waals surface area (Å²) >= 11 is 0.